The number of anilines is 1. The quantitative estimate of drug-likeness (QED) is 0.214. The molecule has 0 bridgehead atoms. The van der Waals surface area contributed by atoms with E-state index < -0.39 is 28.9 Å². The number of imide groups is 1. The largest absolute Gasteiger partial charge is 0.454 e. The Bertz CT molecular complexity index is 1300. The molecule has 0 spiro atoms. The van der Waals surface area contributed by atoms with Crippen molar-refractivity contribution in [3.8, 4) is 11.5 Å². The standard InChI is InChI=1S/C28H30F6N2O5/c1-3-6-17-13-19(26(39,27(29,30)31)28(32,33)34)7-9-20(17)35-11-4-5-12-36-23(37)15-25(2,24(36)38)18-8-10-21-22(14-18)41-16-40-21/h7-10,13-14,35,39H,3-6,11-12,15-16H2,1-2H3. The number of alkyl halides is 6. The lowest BCUT2D eigenvalue weighted by molar-refractivity contribution is -0.376. The number of aryl methyl sites for hydroxylation is 1. The van der Waals surface area contributed by atoms with Gasteiger partial charge < -0.3 is 19.9 Å². The molecule has 0 aliphatic carbocycles. The molecule has 4 rings (SSSR count). The van der Waals surface area contributed by atoms with E-state index in [1.807, 2.05) is 0 Å². The molecule has 2 aromatic carbocycles. The number of nitrogens with zero attached hydrogens (tertiary/aromatic N) is 1. The van der Waals surface area contributed by atoms with E-state index in [0.717, 1.165) is 12.1 Å². The number of fused-ring (bicyclic) bond motifs is 1. The summed E-state index contributed by atoms with van der Waals surface area (Å²) in [5.74, 6) is 0.416. The van der Waals surface area contributed by atoms with Gasteiger partial charge in [-0.15, -0.1) is 0 Å². The van der Waals surface area contributed by atoms with Gasteiger partial charge in [-0.2, -0.15) is 26.3 Å². The van der Waals surface area contributed by atoms with Gasteiger partial charge in [-0.3, -0.25) is 14.5 Å². The van der Waals surface area contributed by atoms with Crippen LogP contribution in [0.15, 0.2) is 36.4 Å². The van der Waals surface area contributed by atoms with Gasteiger partial charge in [0, 0.05) is 30.8 Å². The highest BCUT2D eigenvalue weighted by atomic mass is 19.4. The summed E-state index contributed by atoms with van der Waals surface area (Å²) in [5, 5.41) is 12.8. The van der Waals surface area contributed by atoms with Gasteiger partial charge in [0.2, 0.25) is 18.6 Å². The number of carbonyl (C=O) groups is 2. The predicted octanol–water partition coefficient (Wildman–Crippen LogP) is 5.59. The van der Waals surface area contributed by atoms with Crippen molar-refractivity contribution >= 4 is 17.5 Å². The number of hydrogen-bond donors (Lipinski definition) is 2. The van der Waals surface area contributed by atoms with E-state index in [-0.39, 0.29) is 50.1 Å². The van der Waals surface area contributed by atoms with Crippen molar-refractivity contribution in [3.05, 3.63) is 53.1 Å². The molecule has 2 amide bonds. The zero-order chi connectivity index (χ0) is 30.2. The molecule has 1 unspecified atom stereocenters. The number of carbonyl (C=O) groups excluding carboxylic acids is 2. The van der Waals surface area contributed by atoms with Crippen LogP contribution in [0.25, 0.3) is 0 Å². The first-order valence-corrected chi connectivity index (χ1v) is 13.1. The van der Waals surface area contributed by atoms with Crippen LogP contribution in [-0.4, -0.2) is 54.1 Å². The van der Waals surface area contributed by atoms with Crippen LogP contribution in [0.3, 0.4) is 0 Å². The van der Waals surface area contributed by atoms with E-state index in [1.54, 1.807) is 32.0 Å². The Hall–Kier alpha value is -3.48. The molecule has 41 heavy (non-hydrogen) atoms. The van der Waals surface area contributed by atoms with E-state index >= 15 is 0 Å². The summed E-state index contributed by atoms with van der Waals surface area (Å²) in [5.41, 5.74) is -6.18. The maximum Gasteiger partial charge on any atom is 0.430 e. The third-order valence-corrected chi connectivity index (χ3v) is 7.52. The second kappa shape index (κ2) is 11.1. The minimum atomic E-state index is -5.97. The number of nitrogens with one attached hydrogen (secondary N) is 1. The van der Waals surface area contributed by atoms with Crippen molar-refractivity contribution in [2.45, 2.75) is 69.3 Å². The Labute approximate surface area is 232 Å². The Morgan fingerprint density at radius 3 is 2.32 bits per heavy atom. The predicted molar refractivity (Wildman–Crippen MR) is 135 cm³/mol. The van der Waals surface area contributed by atoms with Crippen LogP contribution >= 0.6 is 0 Å². The van der Waals surface area contributed by atoms with Gasteiger partial charge in [-0.05, 0) is 55.5 Å². The van der Waals surface area contributed by atoms with Crippen LogP contribution in [-0.2, 0) is 27.0 Å². The van der Waals surface area contributed by atoms with Crippen molar-refractivity contribution in [1.29, 1.82) is 0 Å². The minimum Gasteiger partial charge on any atom is -0.454 e. The van der Waals surface area contributed by atoms with E-state index in [0.29, 0.717) is 48.1 Å². The van der Waals surface area contributed by atoms with E-state index in [1.165, 1.54) is 4.90 Å². The second-order valence-corrected chi connectivity index (χ2v) is 10.4. The average molecular weight is 589 g/mol. The highest BCUT2D eigenvalue weighted by Gasteiger charge is 2.71. The van der Waals surface area contributed by atoms with Crippen molar-refractivity contribution in [2.24, 2.45) is 0 Å². The van der Waals surface area contributed by atoms with Gasteiger partial charge >= 0.3 is 12.4 Å². The minimum absolute atomic E-state index is 0.00134. The van der Waals surface area contributed by atoms with Gasteiger partial charge in [-0.25, -0.2) is 0 Å². The Morgan fingerprint density at radius 1 is 0.976 bits per heavy atom. The normalized spacial score (nSPS) is 19.3. The van der Waals surface area contributed by atoms with Crippen LogP contribution in [0.1, 0.15) is 56.2 Å². The van der Waals surface area contributed by atoms with Crippen LogP contribution in [0.4, 0.5) is 32.0 Å². The highest BCUT2D eigenvalue weighted by molar-refractivity contribution is 6.08. The first-order chi connectivity index (χ1) is 19.1. The second-order valence-electron chi connectivity index (χ2n) is 10.4. The first-order valence-electron chi connectivity index (χ1n) is 13.1. The average Bonchev–Trinajstić information content (AvgIpc) is 3.45. The summed E-state index contributed by atoms with van der Waals surface area (Å²) in [6.07, 6.45) is -10.4. The molecule has 2 aliphatic rings. The molecule has 0 radical (unpaired) electrons. The van der Waals surface area contributed by atoms with Crippen LogP contribution < -0.4 is 14.8 Å². The van der Waals surface area contributed by atoms with Crippen LogP contribution in [0.5, 0.6) is 11.5 Å². The molecule has 13 heteroatoms. The van der Waals surface area contributed by atoms with Gasteiger partial charge in [0.25, 0.3) is 5.60 Å². The molecule has 7 nitrogen and oxygen atoms in total. The van der Waals surface area contributed by atoms with Gasteiger partial charge in [0.15, 0.2) is 11.5 Å². The van der Waals surface area contributed by atoms with E-state index in [9.17, 15) is 41.0 Å². The smallest absolute Gasteiger partial charge is 0.430 e. The van der Waals surface area contributed by atoms with E-state index in [4.69, 9.17) is 9.47 Å². The van der Waals surface area contributed by atoms with Gasteiger partial charge in [0.1, 0.15) is 0 Å². The summed E-state index contributed by atoms with van der Waals surface area (Å²) >= 11 is 0. The van der Waals surface area contributed by atoms with Gasteiger partial charge in [-0.1, -0.05) is 31.5 Å². The molecule has 2 aliphatic heterocycles. The first kappa shape index (κ1) is 30.5. The van der Waals surface area contributed by atoms with Crippen LogP contribution in [0.2, 0.25) is 0 Å². The number of halogens is 6. The summed E-state index contributed by atoms with van der Waals surface area (Å²) < 4.78 is 90.6. The van der Waals surface area contributed by atoms with Gasteiger partial charge in [0.05, 0.1) is 5.41 Å². The Kier molecular flexibility index (Phi) is 8.23. The molecular formula is C28H30F6N2O5. The number of aliphatic hydroxyl groups is 1. The molecule has 2 heterocycles. The molecule has 224 valence electrons. The maximum atomic E-state index is 13.3. The Balaban J connectivity index is 1.38. The molecule has 2 N–H and O–H groups in total. The topological polar surface area (TPSA) is 88.1 Å². The number of likely N-dealkylation sites (tertiary alicyclic amines) is 1. The molecular weight excluding hydrogens is 558 g/mol. The summed E-state index contributed by atoms with van der Waals surface area (Å²) in [6, 6.07) is 7.56. The fourth-order valence-electron chi connectivity index (χ4n) is 5.15. The molecule has 0 aromatic heterocycles. The summed E-state index contributed by atoms with van der Waals surface area (Å²) in [7, 11) is 0. The third kappa shape index (κ3) is 5.55. The molecule has 2 aromatic rings. The molecule has 1 fully saturated rings. The van der Waals surface area contributed by atoms with Crippen molar-refractivity contribution in [3.63, 3.8) is 0 Å². The number of ether oxygens (including phenoxy) is 2. The zero-order valence-electron chi connectivity index (χ0n) is 22.4. The SMILES string of the molecule is CCCc1cc(C(O)(C(F)(F)F)C(F)(F)F)ccc1NCCCCN1C(=O)CC(C)(c2ccc3c(c2)OCO3)C1=O. The lowest BCUT2D eigenvalue weighted by atomic mass is 9.81. The molecule has 1 saturated heterocycles. The fourth-order valence-corrected chi connectivity index (χ4v) is 5.15. The zero-order valence-corrected chi connectivity index (χ0v) is 22.4. The lowest BCUT2D eigenvalue weighted by Crippen LogP contribution is -2.54. The summed E-state index contributed by atoms with van der Waals surface area (Å²) in [4.78, 5) is 27.2. The highest BCUT2D eigenvalue weighted by Crippen LogP contribution is 2.50. The van der Waals surface area contributed by atoms with Crippen molar-refractivity contribution in [1.82, 2.24) is 4.90 Å². The Morgan fingerprint density at radius 2 is 1.66 bits per heavy atom. The van der Waals surface area contributed by atoms with E-state index in [2.05, 4.69) is 5.32 Å². The van der Waals surface area contributed by atoms with Crippen molar-refractivity contribution < 1.29 is 50.5 Å². The number of hydrogen-bond acceptors (Lipinski definition) is 6. The maximum absolute atomic E-state index is 13.3. The third-order valence-electron chi connectivity index (χ3n) is 7.52. The number of rotatable bonds is 10. The lowest BCUT2D eigenvalue weighted by Gasteiger charge is -2.33. The van der Waals surface area contributed by atoms with Crippen LogP contribution in [0, 0.1) is 0 Å². The monoisotopic (exact) mass is 588 g/mol. The fraction of sp³-hybridized carbons (Fsp3) is 0.500. The van der Waals surface area contributed by atoms with Crippen molar-refractivity contribution in [2.75, 3.05) is 25.2 Å². The summed E-state index contributed by atoms with van der Waals surface area (Å²) in [6.45, 7) is 3.94. The number of amides is 2. The molecule has 0 saturated carbocycles. The number of benzene rings is 2. The number of unbranched alkanes of at least 4 members (excludes halogenated alkanes) is 1. The molecule has 1 atom stereocenters.